The van der Waals surface area contributed by atoms with E-state index in [9.17, 15) is 10.2 Å². The first-order valence-electron chi connectivity index (χ1n) is 13.6. The van der Waals surface area contributed by atoms with E-state index in [1.54, 1.807) is 12.2 Å². The van der Waals surface area contributed by atoms with Gasteiger partial charge in [0.05, 0.1) is 15.8 Å². The lowest BCUT2D eigenvalue weighted by atomic mass is 9.95. The van der Waals surface area contributed by atoms with Crippen LogP contribution in [0.3, 0.4) is 0 Å². The molecule has 1 aliphatic carbocycles. The molecule has 3 nitrogen and oxygen atoms in total. The summed E-state index contributed by atoms with van der Waals surface area (Å²) in [5, 5.41) is 20.5. The van der Waals surface area contributed by atoms with Crippen LogP contribution >= 0.6 is 47.8 Å². The molecule has 3 aliphatic rings. The molecule has 0 unspecified atom stereocenters. The summed E-state index contributed by atoms with van der Waals surface area (Å²) in [6, 6.07) is 0. The molecule has 2 heterocycles. The summed E-state index contributed by atoms with van der Waals surface area (Å²) in [6.07, 6.45) is 31.3. The fraction of sp³-hybridized carbons (Fsp3) is 0.677. The fourth-order valence-corrected chi connectivity index (χ4v) is 8.66. The molecule has 2 aliphatic heterocycles. The number of alkyl halides is 3. The van der Waals surface area contributed by atoms with Gasteiger partial charge in [-0.2, -0.15) is 0 Å². The first-order valence-corrected chi connectivity index (χ1v) is 16.4. The minimum absolute atomic E-state index is 0.157. The third-order valence-corrected chi connectivity index (χ3v) is 10.9. The number of aliphatic hydroxyl groups is 2. The van der Waals surface area contributed by atoms with Crippen molar-refractivity contribution in [2.45, 2.75) is 117 Å². The standard InChI is InChI=1S/C16H23BrO.C15H21Br2O2/c1-3-5-7-9-13-11-14(12-15(13)17)16(18)10-8-6-4-2;1-3-5-6-7-12(18)15-9-11(17)14-8-10(16)13(4-2)19(14)15/h2,5-8,13-16,18H,3,9-12H2,1H3;1,5-6,10-15,18H,4,7-9H2,2H3/q;+1/b7-5+,8-6+;6-5+/t13-,14-,15+,16-;10-,11-,12+,13+,14-,15+/m10/s1. The first kappa shape index (κ1) is 32.9. The van der Waals surface area contributed by atoms with E-state index >= 15 is 0 Å². The topological polar surface area (TPSA) is 43.2 Å². The van der Waals surface area contributed by atoms with Gasteiger partial charge in [0.25, 0.3) is 0 Å². The maximum atomic E-state index is 10.4. The number of hydrogen-bond donors (Lipinski definition) is 2. The van der Waals surface area contributed by atoms with Crippen LogP contribution in [0.25, 0.3) is 0 Å². The molecule has 0 aromatic carbocycles. The van der Waals surface area contributed by atoms with Crippen molar-refractivity contribution < 1.29 is 14.6 Å². The lowest BCUT2D eigenvalue weighted by molar-refractivity contribution is -0.239. The van der Waals surface area contributed by atoms with E-state index in [-0.39, 0.29) is 18.3 Å². The van der Waals surface area contributed by atoms with E-state index in [2.05, 4.69) is 90.0 Å². The summed E-state index contributed by atoms with van der Waals surface area (Å²) in [5.74, 6) is 5.98. The zero-order valence-electron chi connectivity index (χ0n) is 22.2. The number of rotatable bonds is 10. The highest BCUT2D eigenvalue weighted by molar-refractivity contribution is 9.10. The molecule has 37 heavy (non-hydrogen) atoms. The Kier molecular flexibility index (Phi) is 15.4. The molecule has 0 aromatic heterocycles. The smallest absolute Gasteiger partial charge is 0.184 e. The van der Waals surface area contributed by atoms with E-state index < -0.39 is 0 Å². The van der Waals surface area contributed by atoms with Crippen LogP contribution in [0, 0.1) is 36.5 Å². The summed E-state index contributed by atoms with van der Waals surface area (Å²) in [5.41, 5.74) is 0. The minimum atomic E-state index is -0.369. The second kappa shape index (κ2) is 17.4. The van der Waals surface area contributed by atoms with Gasteiger partial charge in [0, 0.05) is 24.1 Å². The molecule has 6 heteroatoms. The van der Waals surface area contributed by atoms with Crippen LogP contribution in [0.2, 0.25) is 0 Å². The minimum Gasteiger partial charge on any atom is -0.412 e. The van der Waals surface area contributed by atoms with Crippen molar-refractivity contribution >= 4 is 47.8 Å². The number of allylic oxidation sites excluding steroid dienone is 4. The molecule has 1 saturated carbocycles. The first-order chi connectivity index (χ1) is 17.8. The number of hydrogen-bond acceptors (Lipinski definition) is 2. The molecule has 3 fully saturated rings. The average molecular weight is 704 g/mol. The Labute approximate surface area is 250 Å². The SMILES string of the molecule is C#C/C=C/C[C@@H](O)[C@@H]1C[C@@H](C/C=C/CC)[C@@H](Br)C1.C#C/C=C/C[C@@H](O)[C@H]1C[C@H](Br)[C@@H]2C[C@H](Br)[C@@H](CC)[O+]12. The maximum absolute atomic E-state index is 10.4. The monoisotopic (exact) mass is 701 g/mol. The zero-order valence-corrected chi connectivity index (χ0v) is 27.0. The quantitative estimate of drug-likeness (QED) is 0.108. The highest BCUT2D eigenvalue weighted by atomic mass is 79.9. The summed E-state index contributed by atoms with van der Waals surface area (Å²) < 4.78 is 3.48. The maximum Gasteiger partial charge on any atom is 0.184 e. The van der Waals surface area contributed by atoms with Gasteiger partial charge in [-0.15, -0.1) is 12.8 Å². The second-order valence-corrected chi connectivity index (χ2v) is 13.8. The predicted octanol–water partition coefficient (Wildman–Crippen LogP) is 7.40. The molecule has 0 amide bonds. The number of halogens is 3. The molecule has 3 rings (SSSR count). The van der Waals surface area contributed by atoms with Crippen LogP contribution in [-0.4, -0.2) is 55.2 Å². The van der Waals surface area contributed by atoms with E-state index in [1.165, 1.54) is 0 Å². The number of terminal acetylenes is 2. The number of aliphatic hydroxyl groups excluding tert-OH is 2. The predicted molar refractivity (Wildman–Crippen MR) is 168 cm³/mol. The average Bonchev–Trinajstić information content (AvgIpc) is 3.52. The highest BCUT2D eigenvalue weighted by Crippen LogP contribution is 2.48. The Morgan fingerprint density at radius 3 is 2.08 bits per heavy atom. The third-order valence-electron chi connectivity index (χ3n) is 7.82. The Bertz CT molecular complexity index is 840. The Balaban J connectivity index is 0.000000261. The molecule has 0 aromatic rings. The molecule has 0 radical (unpaired) electrons. The molecule has 2 saturated heterocycles. The van der Waals surface area contributed by atoms with Crippen molar-refractivity contribution in [3.05, 3.63) is 36.5 Å². The Morgan fingerprint density at radius 1 is 0.838 bits per heavy atom. The van der Waals surface area contributed by atoms with Crippen molar-refractivity contribution in [2.24, 2.45) is 11.8 Å². The zero-order chi connectivity index (χ0) is 27.4. The van der Waals surface area contributed by atoms with Gasteiger partial charge in [-0.3, -0.25) is 0 Å². The Morgan fingerprint density at radius 2 is 1.49 bits per heavy atom. The van der Waals surface area contributed by atoms with Crippen molar-refractivity contribution in [1.82, 2.24) is 0 Å². The van der Waals surface area contributed by atoms with Crippen LogP contribution < -0.4 is 0 Å². The fourth-order valence-electron chi connectivity index (χ4n) is 5.92. The van der Waals surface area contributed by atoms with Gasteiger partial charge in [0.1, 0.15) is 6.10 Å². The lowest BCUT2D eigenvalue weighted by Gasteiger charge is -2.30. The molecule has 206 valence electrons. The lowest BCUT2D eigenvalue weighted by Crippen LogP contribution is -2.39. The van der Waals surface area contributed by atoms with Crippen molar-refractivity contribution in [3.8, 4) is 24.7 Å². The van der Waals surface area contributed by atoms with Gasteiger partial charge in [-0.05, 0) is 62.5 Å². The van der Waals surface area contributed by atoms with Gasteiger partial charge in [0.15, 0.2) is 18.3 Å². The van der Waals surface area contributed by atoms with Gasteiger partial charge in [-0.1, -0.05) is 97.8 Å². The van der Waals surface area contributed by atoms with Crippen molar-refractivity contribution in [2.75, 3.05) is 0 Å². The van der Waals surface area contributed by atoms with Crippen LogP contribution in [0.1, 0.15) is 71.6 Å². The molecule has 10 atom stereocenters. The van der Waals surface area contributed by atoms with Gasteiger partial charge in [0.2, 0.25) is 0 Å². The van der Waals surface area contributed by atoms with Gasteiger partial charge in [-0.25, -0.2) is 0 Å². The van der Waals surface area contributed by atoms with E-state index in [1.807, 2.05) is 12.2 Å². The van der Waals surface area contributed by atoms with Gasteiger partial charge >= 0.3 is 0 Å². The second-order valence-electron chi connectivity index (χ2n) is 10.3. The van der Waals surface area contributed by atoms with Crippen LogP contribution in [-0.2, 0) is 4.37 Å². The van der Waals surface area contributed by atoms with Gasteiger partial charge < -0.3 is 14.6 Å². The van der Waals surface area contributed by atoms with Crippen LogP contribution in [0.15, 0.2) is 36.5 Å². The van der Waals surface area contributed by atoms with E-state index in [0.717, 1.165) is 44.9 Å². The molecule has 2 N–H and O–H groups in total. The van der Waals surface area contributed by atoms with Crippen LogP contribution in [0.5, 0.6) is 0 Å². The molecular weight excluding hydrogens is 660 g/mol. The molecular formula is C31H44Br3O3+. The summed E-state index contributed by atoms with van der Waals surface area (Å²) in [6.45, 7) is 4.36. The highest BCUT2D eigenvalue weighted by Gasteiger charge is 2.58. The third kappa shape index (κ3) is 9.66. The summed E-state index contributed by atoms with van der Waals surface area (Å²) in [4.78, 5) is 1.49. The van der Waals surface area contributed by atoms with Crippen molar-refractivity contribution in [3.63, 3.8) is 0 Å². The Hall–Kier alpha value is -0.340. The number of fused-ring (bicyclic) bond motifs is 1. The molecule has 0 bridgehead atoms. The van der Waals surface area contributed by atoms with Crippen molar-refractivity contribution in [1.29, 1.82) is 0 Å². The molecule has 0 spiro atoms. The summed E-state index contributed by atoms with van der Waals surface area (Å²) >= 11 is 11.3. The van der Waals surface area contributed by atoms with Crippen LogP contribution in [0.4, 0.5) is 0 Å². The summed E-state index contributed by atoms with van der Waals surface area (Å²) in [7, 11) is 0. The largest absolute Gasteiger partial charge is 0.412 e. The van der Waals surface area contributed by atoms with E-state index in [4.69, 9.17) is 12.8 Å². The normalized spacial score (nSPS) is 35.4. The van der Waals surface area contributed by atoms with E-state index in [0.29, 0.717) is 51.4 Å².